The fourth-order valence-electron chi connectivity index (χ4n) is 2.67. The number of rotatable bonds is 8. The lowest BCUT2D eigenvalue weighted by molar-refractivity contribution is -0.255. The number of hydrogen-bond acceptors (Lipinski definition) is 5. The van der Waals surface area contributed by atoms with Crippen LogP contribution >= 0.6 is 0 Å². The van der Waals surface area contributed by atoms with E-state index in [-0.39, 0.29) is 12.2 Å². The Morgan fingerprint density at radius 2 is 1.62 bits per heavy atom. The van der Waals surface area contributed by atoms with Crippen LogP contribution in [0.5, 0.6) is 5.75 Å². The molecule has 0 radical (unpaired) electrons. The molecule has 0 aromatic heterocycles. The van der Waals surface area contributed by atoms with Crippen LogP contribution in [0.15, 0.2) is 84.0 Å². The Kier molecular flexibility index (Phi) is 6.73. The molecule has 0 aliphatic rings. The number of nitrogens with zero attached hydrogens (tertiary/aromatic N) is 1. The topological polar surface area (TPSA) is 90.8 Å². The van der Waals surface area contributed by atoms with Crippen molar-refractivity contribution in [1.29, 1.82) is 0 Å². The maximum Gasteiger partial charge on any atom is 0.277 e. The number of nitrogens with one attached hydrogen (secondary N) is 1. The summed E-state index contributed by atoms with van der Waals surface area (Å²) in [5.41, 5.74) is 5.25. The fraction of sp³-hybridized carbons (Fsp3) is 0.0870. The van der Waals surface area contributed by atoms with E-state index >= 15 is 0 Å². The van der Waals surface area contributed by atoms with Crippen LogP contribution in [0.4, 0.5) is 0 Å². The Morgan fingerprint density at radius 3 is 2.34 bits per heavy atom. The molecule has 6 nitrogen and oxygen atoms in total. The highest BCUT2D eigenvalue weighted by Crippen LogP contribution is 2.21. The molecule has 29 heavy (non-hydrogen) atoms. The van der Waals surface area contributed by atoms with Gasteiger partial charge >= 0.3 is 0 Å². The number of para-hydroxylation sites is 1. The second-order valence-corrected chi connectivity index (χ2v) is 6.26. The number of carboxylic acid groups (broad SMARTS) is 1. The number of ether oxygens (including phenoxy) is 1. The van der Waals surface area contributed by atoms with E-state index in [1.165, 1.54) is 18.3 Å². The van der Waals surface area contributed by atoms with E-state index in [1.807, 2.05) is 54.6 Å². The zero-order valence-electron chi connectivity index (χ0n) is 15.6. The maximum atomic E-state index is 12.0. The first-order valence-electron chi connectivity index (χ1n) is 9.00. The Balaban J connectivity index is 1.52. The van der Waals surface area contributed by atoms with E-state index in [2.05, 4.69) is 10.5 Å². The second kappa shape index (κ2) is 9.85. The average molecular weight is 387 g/mol. The molecular formula is C23H19N2O4-. The van der Waals surface area contributed by atoms with Gasteiger partial charge in [-0.1, -0.05) is 72.8 Å². The van der Waals surface area contributed by atoms with Crippen molar-refractivity contribution >= 4 is 18.1 Å². The number of amides is 1. The smallest absolute Gasteiger partial charge is 0.277 e. The minimum atomic E-state index is -1.24. The summed E-state index contributed by atoms with van der Waals surface area (Å²) in [5, 5.41) is 14.6. The van der Waals surface area contributed by atoms with E-state index < -0.39 is 11.9 Å². The summed E-state index contributed by atoms with van der Waals surface area (Å²) >= 11 is 0. The Morgan fingerprint density at radius 1 is 0.931 bits per heavy atom. The predicted molar refractivity (Wildman–Crippen MR) is 108 cm³/mol. The normalized spacial score (nSPS) is 10.6. The number of hydrogen-bond donors (Lipinski definition) is 1. The van der Waals surface area contributed by atoms with Gasteiger partial charge in [0, 0.05) is 6.42 Å². The molecule has 0 unspecified atom stereocenters. The monoisotopic (exact) mass is 387 g/mol. The Bertz CT molecular complexity index is 999. The van der Waals surface area contributed by atoms with Gasteiger partial charge in [0.05, 0.1) is 12.2 Å². The highest BCUT2D eigenvalue weighted by atomic mass is 16.5. The number of hydrazone groups is 1. The molecule has 6 heteroatoms. The largest absolute Gasteiger partial charge is 0.545 e. The molecule has 0 atom stereocenters. The number of carboxylic acids is 1. The van der Waals surface area contributed by atoms with Crippen molar-refractivity contribution in [2.45, 2.75) is 6.42 Å². The van der Waals surface area contributed by atoms with E-state index in [9.17, 15) is 14.7 Å². The van der Waals surface area contributed by atoms with Gasteiger partial charge in [-0.05, 0) is 28.3 Å². The summed E-state index contributed by atoms with van der Waals surface area (Å²) in [4.78, 5) is 22.7. The SMILES string of the molecule is O=C(COc1ccccc1Cc1ccccc1)N/N=C\c1ccc(C(=O)[O-])cc1. The molecule has 0 fully saturated rings. The highest BCUT2D eigenvalue weighted by Gasteiger charge is 2.07. The van der Waals surface area contributed by atoms with Crippen molar-refractivity contribution in [3.8, 4) is 5.75 Å². The third-order valence-corrected chi connectivity index (χ3v) is 4.12. The van der Waals surface area contributed by atoms with Gasteiger partial charge in [0.25, 0.3) is 5.91 Å². The van der Waals surface area contributed by atoms with Crippen molar-refractivity contribution in [1.82, 2.24) is 5.43 Å². The molecular weight excluding hydrogens is 368 g/mol. The van der Waals surface area contributed by atoms with Gasteiger partial charge in [-0.15, -0.1) is 0 Å². The zero-order chi connectivity index (χ0) is 20.5. The van der Waals surface area contributed by atoms with Gasteiger partial charge in [-0.2, -0.15) is 5.10 Å². The summed E-state index contributed by atoms with van der Waals surface area (Å²) in [6.07, 6.45) is 2.12. The number of benzene rings is 3. The van der Waals surface area contributed by atoms with E-state index in [4.69, 9.17) is 4.74 Å². The number of carbonyl (C=O) groups excluding carboxylic acids is 2. The number of carbonyl (C=O) groups is 2. The van der Waals surface area contributed by atoms with Crippen molar-refractivity contribution < 1.29 is 19.4 Å². The molecule has 0 spiro atoms. The Hall–Kier alpha value is -3.93. The average Bonchev–Trinajstić information content (AvgIpc) is 2.74. The molecule has 0 saturated heterocycles. The summed E-state index contributed by atoms with van der Waals surface area (Å²) in [5.74, 6) is -0.998. The molecule has 1 N–H and O–H groups in total. The second-order valence-electron chi connectivity index (χ2n) is 6.26. The van der Waals surface area contributed by atoms with Crippen LogP contribution in [-0.4, -0.2) is 24.7 Å². The third kappa shape index (κ3) is 6.04. The van der Waals surface area contributed by atoms with Crippen LogP contribution in [0.1, 0.15) is 27.0 Å². The molecule has 3 aromatic rings. The molecule has 0 aliphatic carbocycles. The minimum Gasteiger partial charge on any atom is -0.545 e. The lowest BCUT2D eigenvalue weighted by Gasteiger charge is -2.11. The Labute approximate surface area is 168 Å². The minimum absolute atomic E-state index is 0.0775. The molecule has 0 heterocycles. The predicted octanol–water partition coefficient (Wildman–Crippen LogP) is 2.17. The van der Waals surface area contributed by atoms with Gasteiger partial charge < -0.3 is 14.6 Å². The molecule has 0 aliphatic heterocycles. The number of aromatic carboxylic acids is 1. The third-order valence-electron chi connectivity index (χ3n) is 4.12. The quantitative estimate of drug-likeness (QED) is 0.474. The van der Waals surface area contributed by atoms with Crippen molar-refractivity contribution in [2.24, 2.45) is 5.10 Å². The van der Waals surface area contributed by atoms with Gasteiger partial charge in [0.15, 0.2) is 6.61 Å². The van der Waals surface area contributed by atoms with Gasteiger partial charge in [0.2, 0.25) is 0 Å². The van der Waals surface area contributed by atoms with Crippen LogP contribution in [-0.2, 0) is 11.2 Å². The molecule has 1 amide bonds. The van der Waals surface area contributed by atoms with E-state index in [0.29, 0.717) is 17.7 Å². The van der Waals surface area contributed by atoms with Crippen molar-refractivity contribution in [3.63, 3.8) is 0 Å². The maximum absolute atomic E-state index is 12.0. The fourth-order valence-corrected chi connectivity index (χ4v) is 2.67. The summed E-state index contributed by atoms with van der Waals surface area (Å²) < 4.78 is 5.66. The molecule has 0 bridgehead atoms. The lowest BCUT2D eigenvalue weighted by Crippen LogP contribution is -2.25. The lowest BCUT2D eigenvalue weighted by atomic mass is 10.0. The van der Waals surface area contributed by atoms with E-state index in [1.54, 1.807) is 12.1 Å². The van der Waals surface area contributed by atoms with Crippen LogP contribution < -0.4 is 15.3 Å². The van der Waals surface area contributed by atoms with Gasteiger partial charge in [-0.25, -0.2) is 5.43 Å². The first-order chi connectivity index (χ1) is 14.1. The molecule has 3 rings (SSSR count). The van der Waals surface area contributed by atoms with Crippen LogP contribution in [0.2, 0.25) is 0 Å². The molecule has 3 aromatic carbocycles. The molecule has 146 valence electrons. The summed E-state index contributed by atoms with van der Waals surface area (Å²) in [6.45, 7) is -0.174. The van der Waals surface area contributed by atoms with Gasteiger partial charge in [-0.3, -0.25) is 4.79 Å². The van der Waals surface area contributed by atoms with Crippen LogP contribution in [0, 0.1) is 0 Å². The summed E-state index contributed by atoms with van der Waals surface area (Å²) in [7, 11) is 0. The van der Waals surface area contributed by atoms with Crippen molar-refractivity contribution in [2.75, 3.05) is 6.61 Å². The highest BCUT2D eigenvalue weighted by molar-refractivity contribution is 5.88. The van der Waals surface area contributed by atoms with Crippen molar-refractivity contribution in [3.05, 3.63) is 101 Å². The van der Waals surface area contributed by atoms with E-state index in [0.717, 1.165) is 11.1 Å². The first-order valence-corrected chi connectivity index (χ1v) is 9.00. The van der Waals surface area contributed by atoms with Crippen LogP contribution in [0.25, 0.3) is 0 Å². The standard InChI is InChI=1S/C23H20N2O4/c26-22(25-24-15-18-10-12-19(13-11-18)23(27)28)16-29-21-9-5-4-8-20(21)14-17-6-2-1-3-7-17/h1-13,15H,14,16H2,(H,25,26)(H,27,28)/p-1/b24-15-. The van der Waals surface area contributed by atoms with Crippen LogP contribution in [0.3, 0.4) is 0 Å². The van der Waals surface area contributed by atoms with Gasteiger partial charge in [0.1, 0.15) is 5.75 Å². The zero-order valence-corrected chi connectivity index (χ0v) is 15.6. The first kappa shape index (κ1) is 19.8. The molecule has 0 saturated carbocycles. The summed E-state index contributed by atoms with van der Waals surface area (Å²) in [6, 6.07) is 23.5.